The molecular formula is C19H19N5OS. The number of benzene rings is 1. The lowest BCUT2D eigenvalue weighted by atomic mass is 10.1. The summed E-state index contributed by atoms with van der Waals surface area (Å²) in [6.07, 6.45) is 8.22. The van der Waals surface area contributed by atoms with Gasteiger partial charge in [0.15, 0.2) is 0 Å². The molecule has 0 saturated carbocycles. The van der Waals surface area contributed by atoms with Crippen LogP contribution < -0.4 is 10.1 Å². The van der Waals surface area contributed by atoms with Crippen molar-refractivity contribution in [1.29, 1.82) is 0 Å². The minimum absolute atomic E-state index is 0.836. The van der Waals surface area contributed by atoms with E-state index in [4.69, 9.17) is 4.74 Å². The zero-order valence-electron chi connectivity index (χ0n) is 14.4. The van der Waals surface area contributed by atoms with Gasteiger partial charge in [-0.1, -0.05) is 12.1 Å². The van der Waals surface area contributed by atoms with Crippen LogP contribution in [0.3, 0.4) is 0 Å². The normalized spacial score (nSPS) is 11.0. The number of thiophene rings is 1. The number of imidazole rings is 1. The van der Waals surface area contributed by atoms with Gasteiger partial charge in [0.05, 0.1) is 18.8 Å². The molecule has 0 spiro atoms. The van der Waals surface area contributed by atoms with Crippen LogP contribution in [0, 0.1) is 0 Å². The van der Waals surface area contributed by atoms with Crippen LogP contribution in [0.25, 0.3) is 21.3 Å². The molecule has 4 rings (SSSR count). The summed E-state index contributed by atoms with van der Waals surface area (Å²) < 4.78 is 7.33. The highest BCUT2D eigenvalue weighted by atomic mass is 32.1. The molecule has 0 bridgehead atoms. The molecule has 0 atom stereocenters. The second-order valence-electron chi connectivity index (χ2n) is 5.86. The number of methoxy groups -OCH3 is 1. The molecule has 0 fully saturated rings. The Kier molecular flexibility index (Phi) is 4.79. The van der Waals surface area contributed by atoms with Gasteiger partial charge in [-0.25, -0.2) is 15.0 Å². The maximum atomic E-state index is 5.25. The van der Waals surface area contributed by atoms with Gasteiger partial charge >= 0.3 is 0 Å². The topological polar surface area (TPSA) is 64.9 Å². The van der Waals surface area contributed by atoms with Crippen molar-refractivity contribution in [2.45, 2.75) is 13.0 Å². The highest BCUT2D eigenvalue weighted by Gasteiger charge is 2.13. The van der Waals surface area contributed by atoms with Crippen LogP contribution in [-0.2, 0) is 6.54 Å². The van der Waals surface area contributed by atoms with Crippen LogP contribution in [0.2, 0.25) is 0 Å². The lowest BCUT2D eigenvalue weighted by Crippen LogP contribution is -2.07. The third kappa shape index (κ3) is 3.39. The van der Waals surface area contributed by atoms with E-state index in [-0.39, 0.29) is 0 Å². The van der Waals surface area contributed by atoms with E-state index >= 15 is 0 Å². The third-order valence-electron chi connectivity index (χ3n) is 4.22. The van der Waals surface area contributed by atoms with Crippen LogP contribution in [0.1, 0.15) is 6.42 Å². The van der Waals surface area contributed by atoms with Crippen molar-refractivity contribution in [2.75, 3.05) is 19.0 Å². The molecule has 3 heterocycles. The molecule has 132 valence electrons. The first-order chi connectivity index (χ1) is 12.8. The minimum atomic E-state index is 0.836. The summed E-state index contributed by atoms with van der Waals surface area (Å²) in [5, 5.41) is 6.68. The number of nitrogens with zero attached hydrogens (tertiary/aromatic N) is 4. The van der Waals surface area contributed by atoms with Crippen molar-refractivity contribution in [3.05, 3.63) is 54.7 Å². The number of rotatable bonds is 7. The van der Waals surface area contributed by atoms with Crippen LogP contribution in [0.4, 0.5) is 5.82 Å². The van der Waals surface area contributed by atoms with Crippen molar-refractivity contribution >= 4 is 27.4 Å². The Balaban J connectivity index is 1.55. The van der Waals surface area contributed by atoms with Crippen LogP contribution in [-0.4, -0.2) is 33.2 Å². The molecule has 7 heteroatoms. The van der Waals surface area contributed by atoms with Gasteiger partial charge in [-0.05, 0) is 24.1 Å². The Morgan fingerprint density at radius 3 is 2.85 bits per heavy atom. The Bertz CT molecular complexity index is 979. The van der Waals surface area contributed by atoms with Crippen LogP contribution in [0.5, 0.6) is 5.75 Å². The molecule has 0 saturated heterocycles. The first-order valence-corrected chi connectivity index (χ1v) is 9.29. The molecule has 0 aliphatic carbocycles. The molecule has 6 nitrogen and oxygen atoms in total. The fourth-order valence-corrected chi connectivity index (χ4v) is 3.80. The molecule has 1 aromatic carbocycles. The van der Waals surface area contributed by atoms with Gasteiger partial charge in [-0.2, -0.15) is 0 Å². The average Bonchev–Trinajstić information content (AvgIpc) is 3.35. The quantitative estimate of drug-likeness (QED) is 0.500. The summed E-state index contributed by atoms with van der Waals surface area (Å²) in [5.41, 5.74) is 2.28. The van der Waals surface area contributed by atoms with E-state index < -0.39 is 0 Å². The van der Waals surface area contributed by atoms with Gasteiger partial charge in [0.1, 0.15) is 22.7 Å². The summed E-state index contributed by atoms with van der Waals surface area (Å²) >= 11 is 1.64. The average molecular weight is 365 g/mol. The van der Waals surface area contributed by atoms with Gasteiger partial charge in [0.2, 0.25) is 0 Å². The van der Waals surface area contributed by atoms with Crippen LogP contribution in [0.15, 0.2) is 54.7 Å². The molecule has 3 aromatic heterocycles. The van der Waals surface area contributed by atoms with E-state index in [9.17, 15) is 0 Å². The zero-order valence-corrected chi connectivity index (χ0v) is 15.2. The first kappa shape index (κ1) is 16.5. The number of aryl methyl sites for hydroxylation is 1. The molecule has 26 heavy (non-hydrogen) atoms. The monoisotopic (exact) mass is 365 g/mol. The largest absolute Gasteiger partial charge is 0.497 e. The summed E-state index contributed by atoms with van der Waals surface area (Å²) in [6.45, 7) is 1.76. The van der Waals surface area contributed by atoms with Crippen molar-refractivity contribution in [3.8, 4) is 16.9 Å². The fourth-order valence-electron chi connectivity index (χ4n) is 2.88. The number of ether oxygens (including phenoxy) is 1. The second-order valence-corrected chi connectivity index (χ2v) is 6.72. The summed E-state index contributed by atoms with van der Waals surface area (Å²) in [4.78, 5) is 13.9. The molecule has 0 radical (unpaired) electrons. The van der Waals surface area contributed by atoms with E-state index in [0.717, 1.165) is 52.4 Å². The lowest BCUT2D eigenvalue weighted by molar-refractivity contribution is 0.415. The van der Waals surface area contributed by atoms with E-state index in [2.05, 4.69) is 42.3 Å². The SMILES string of the molecule is COc1ccc(-c2csc3ncnc(NCCCn4ccnc4)c23)cc1. The molecule has 0 aliphatic rings. The van der Waals surface area contributed by atoms with Crippen LogP contribution >= 0.6 is 11.3 Å². The molecule has 1 N–H and O–H groups in total. The highest BCUT2D eigenvalue weighted by Crippen LogP contribution is 2.36. The van der Waals surface area contributed by atoms with Crippen molar-refractivity contribution < 1.29 is 4.74 Å². The highest BCUT2D eigenvalue weighted by molar-refractivity contribution is 7.17. The predicted octanol–water partition coefficient (Wildman–Crippen LogP) is 4.07. The minimum Gasteiger partial charge on any atom is -0.497 e. The Morgan fingerprint density at radius 1 is 1.19 bits per heavy atom. The Labute approximate surface area is 155 Å². The van der Waals surface area contributed by atoms with Gasteiger partial charge in [0, 0.05) is 36.4 Å². The van der Waals surface area contributed by atoms with E-state index in [1.54, 1.807) is 31.0 Å². The van der Waals surface area contributed by atoms with Crippen molar-refractivity contribution in [1.82, 2.24) is 19.5 Å². The number of fused-ring (bicyclic) bond motifs is 1. The molecule has 0 amide bonds. The fraction of sp³-hybridized carbons (Fsp3) is 0.211. The summed E-state index contributed by atoms with van der Waals surface area (Å²) in [5.74, 6) is 1.73. The molecular weight excluding hydrogens is 346 g/mol. The van der Waals surface area contributed by atoms with Gasteiger partial charge in [-0.3, -0.25) is 0 Å². The number of hydrogen-bond donors (Lipinski definition) is 1. The maximum Gasteiger partial charge on any atom is 0.138 e. The summed E-state index contributed by atoms with van der Waals surface area (Å²) in [7, 11) is 1.68. The van der Waals surface area contributed by atoms with Crippen molar-refractivity contribution in [3.63, 3.8) is 0 Å². The van der Waals surface area contributed by atoms with E-state index in [1.165, 1.54) is 0 Å². The van der Waals surface area contributed by atoms with E-state index in [0.29, 0.717) is 0 Å². The molecule has 0 aliphatic heterocycles. The van der Waals surface area contributed by atoms with E-state index in [1.807, 2.05) is 24.7 Å². The summed E-state index contributed by atoms with van der Waals surface area (Å²) in [6, 6.07) is 8.08. The Hall–Kier alpha value is -2.93. The van der Waals surface area contributed by atoms with Crippen molar-refractivity contribution in [2.24, 2.45) is 0 Å². The number of aromatic nitrogens is 4. The second kappa shape index (κ2) is 7.53. The van der Waals surface area contributed by atoms with Gasteiger partial charge in [0.25, 0.3) is 0 Å². The number of hydrogen-bond acceptors (Lipinski definition) is 6. The first-order valence-electron chi connectivity index (χ1n) is 8.41. The standard InChI is InChI=1S/C19H19N5OS/c1-25-15-5-3-14(4-6-15)16-11-26-19-17(16)18(22-12-23-19)21-7-2-9-24-10-8-20-13-24/h3-6,8,10-13H,2,7,9H2,1H3,(H,21,22,23). The third-order valence-corrected chi connectivity index (χ3v) is 5.10. The maximum absolute atomic E-state index is 5.25. The number of anilines is 1. The smallest absolute Gasteiger partial charge is 0.138 e. The van der Waals surface area contributed by atoms with Gasteiger partial charge < -0.3 is 14.6 Å². The Morgan fingerprint density at radius 2 is 2.08 bits per heavy atom. The molecule has 0 unspecified atom stereocenters. The number of nitrogens with one attached hydrogen (secondary N) is 1. The van der Waals surface area contributed by atoms with Gasteiger partial charge in [-0.15, -0.1) is 11.3 Å². The molecule has 4 aromatic rings. The lowest BCUT2D eigenvalue weighted by Gasteiger charge is -2.09. The predicted molar refractivity (Wildman–Crippen MR) is 105 cm³/mol. The zero-order chi connectivity index (χ0) is 17.8.